The van der Waals surface area contributed by atoms with Crippen molar-refractivity contribution in [3.63, 3.8) is 0 Å². The van der Waals surface area contributed by atoms with E-state index in [1.807, 2.05) is 4.90 Å². The fourth-order valence-electron chi connectivity index (χ4n) is 4.25. The van der Waals surface area contributed by atoms with E-state index in [1.165, 1.54) is 7.05 Å². The zero-order valence-electron chi connectivity index (χ0n) is 14.2. The van der Waals surface area contributed by atoms with E-state index < -0.39 is 10.0 Å². The highest BCUT2D eigenvalue weighted by Crippen LogP contribution is 2.59. The van der Waals surface area contributed by atoms with Crippen molar-refractivity contribution >= 4 is 34.0 Å². The van der Waals surface area contributed by atoms with Crippen LogP contribution in [0.3, 0.4) is 0 Å². The summed E-state index contributed by atoms with van der Waals surface area (Å²) >= 11 is 0. The summed E-state index contributed by atoms with van der Waals surface area (Å²) in [6.07, 6.45) is 3.90. The molecular formula is C17H24ClN3O3S. The molecule has 1 aliphatic carbocycles. The van der Waals surface area contributed by atoms with Crippen LogP contribution in [0.4, 0.5) is 5.69 Å². The lowest BCUT2D eigenvalue weighted by Crippen LogP contribution is -2.35. The van der Waals surface area contributed by atoms with E-state index in [0.717, 1.165) is 50.0 Å². The lowest BCUT2D eigenvalue weighted by molar-refractivity contribution is -0.120. The van der Waals surface area contributed by atoms with Gasteiger partial charge in [-0.1, -0.05) is 0 Å². The molecule has 1 atom stereocenters. The minimum Gasteiger partial charge on any atom is -0.317 e. The third kappa shape index (κ3) is 3.07. The average Bonchev–Trinajstić information content (AvgIpc) is 3.11. The number of rotatable bonds is 3. The molecular weight excluding hydrogens is 362 g/mol. The van der Waals surface area contributed by atoms with Gasteiger partial charge >= 0.3 is 0 Å². The molecule has 4 rings (SSSR count). The van der Waals surface area contributed by atoms with Crippen molar-refractivity contribution in [3.8, 4) is 0 Å². The number of anilines is 1. The number of benzene rings is 1. The highest BCUT2D eigenvalue weighted by atomic mass is 35.5. The number of nitrogens with one attached hydrogen (secondary N) is 2. The Morgan fingerprint density at radius 1 is 1.32 bits per heavy atom. The number of sulfonamides is 1. The highest BCUT2D eigenvalue weighted by molar-refractivity contribution is 7.89. The monoisotopic (exact) mass is 385 g/mol. The Kier molecular flexibility index (Phi) is 4.87. The number of fused-ring (bicyclic) bond motifs is 1. The molecule has 6 nitrogen and oxygen atoms in total. The average molecular weight is 386 g/mol. The van der Waals surface area contributed by atoms with Gasteiger partial charge in [-0.25, -0.2) is 13.1 Å². The molecule has 25 heavy (non-hydrogen) atoms. The normalized spacial score (nSPS) is 23.9. The van der Waals surface area contributed by atoms with Crippen LogP contribution in [0.25, 0.3) is 0 Å². The van der Waals surface area contributed by atoms with Gasteiger partial charge in [0.1, 0.15) is 0 Å². The fraction of sp³-hybridized carbons (Fsp3) is 0.588. The number of hydrogen-bond acceptors (Lipinski definition) is 4. The number of piperidine rings is 1. The van der Waals surface area contributed by atoms with Crippen molar-refractivity contribution in [2.24, 2.45) is 11.3 Å². The summed E-state index contributed by atoms with van der Waals surface area (Å²) in [6, 6.07) is 5.06. The standard InChI is InChI=1S/C17H23N3O3S.ClH/c1-18-24(22,23)13-2-3-15-12(10-13)4-9-20(15)16(21)14-11-17(14)5-7-19-8-6-17;/h2-3,10,14,18-19H,4-9,11H2,1H3;1H. The third-order valence-corrected chi connectivity index (χ3v) is 7.29. The largest absolute Gasteiger partial charge is 0.317 e. The number of amides is 1. The summed E-state index contributed by atoms with van der Waals surface area (Å²) in [5.41, 5.74) is 2.05. The lowest BCUT2D eigenvalue weighted by Gasteiger charge is -2.25. The molecule has 1 saturated carbocycles. The van der Waals surface area contributed by atoms with Gasteiger partial charge in [-0.15, -0.1) is 12.4 Å². The van der Waals surface area contributed by atoms with Crippen molar-refractivity contribution in [2.45, 2.75) is 30.6 Å². The van der Waals surface area contributed by atoms with Gasteiger partial charge in [0.2, 0.25) is 15.9 Å². The van der Waals surface area contributed by atoms with Crippen molar-refractivity contribution < 1.29 is 13.2 Å². The van der Waals surface area contributed by atoms with Gasteiger partial charge in [-0.05, 0) is 75.0 Å². The molecule has 1 aromatic rings. The van der Waals surface area contributed by atoms with Crippen LogP contribution in [-0.2, 0) is 21.2 Å². The zero-order valence-corrected chi connectivity index (χ0v) is 15.9. The van der Waals surface area contributed by atoms with Gasteiger partial charge in [-0.3, -0.25) is 4.79 Å². The molecule has 2 fully saturated rings. The molecule has 1 aromatic carbocycles. The maximum atomic E-state index is 13.0. The van der Waals surface area contributed by atoms with Crippen LogP contribution in [0.1, 0.15) is 24.8 Å². The molecule has 2 N–H and O–H groups in total. The first-order chi connectivity index (χ1) is 11.5. The molecule has 0 radical (unpaired) electrons. The maximum absolute atomic E-state index is 13.0. The SMILES string of the molecule is CNS(=O)(=O)c1ccc2c(c1)CCN2C(=O)C1CC12CCNCC2.Cl. The van der Waals surface area contributed by atoms with E-state index in [-0.39, 0.29) is 34.5 Å². The smallest absolute Gasteiger partial charge is 0.240 e. The second-order valence-electron chi connectivity index (χ2n) is 7.11. The minimum absolute atomic E-state index is 0. The minimum atomic E-state index is -3.44. The maximum Gasteiger partial charge on any atom is 0.240 e. The molecule has 3 aliphatic rings. The van der Waals surface area contributed by atoms with Gasteiger partial charge in [0.25, 0.3) is 0 Å². The van der Waals surface area contributed by atoms with Crippen LogP contribution in [-0.4, -0.2) is 41.0 Å². The van der Waals surface area contributed by atoms with E-state index >= 15 is 0 Å². The predicted octanol–water partition coefficient (Wildman–Crippen LogP) is 1.30. The van der Waals surface area contributed by atoms with Gasteiger partial charge in [-0.2, -0.15) is 0 Å². The molecule has 2 aliphatic heterocycles. The van der Waals surface area contributed by atoms with E-state index in [0.29, 0.717) is 6.54 Å². The molecule has 1 amide bonds. The van der Waals surface area contributed by atoms with E-state index in [9.17, 15) is 13.2 Å². The topological polar surface area (TPSA) is 78.5 Å². The first-order valence-electron chi connectivity index (χ1n) is 8.55. The second kappa shape index (κ2) is 6.54. The Morgan fingerprint density at radius 2 is 2.04 bits per heavy atom. The predicted molar refractivity (Wildman–Crippen MR) is 98.6 cm³/mol. The molecule has 138 valence electrons. The zero-order chi connectivity index (χ0) is 16.9. The van der Waals surface area contributed by atoms with E-state index in [2.05, 4.69) is 10.0 Å². The van der Waals surface area contributed by atoms with Crippen LogP contribution in [0.15, 0.2) is 23.1 Å². The van der Waals surface area contributed by atoms with Gasteiger partial charge in [0, 0.05) is 18.2 Å². The molecule has 2 heterocycles. The molecule has 8 heteroatoms. The number of hydrogen-bond donors (Lipinski definition) is 2. The number of carbonyl (C=O) groups excluding carboxylic acids is 1. The Morgan fingerprint density at radius 3 is 2.72 bits per heavy atom. The fourth-order valence-corrected chi connectivity index (χ4v) is 5.03. The van der Waals surface area contributed by atoms with Crippen molar-refractivity contribution in [2.75, 3.05) is 31.6 Å². The first-order valence-corrected chi connectivity index (χ1v) is 10.0. The van der Waals surface area contributed by atoms with Crippen LogP contribution in [0.5, 0.6) is 0 Å². The van der Waals surface area contributed by atoms with Crippen LogP contribution >= 0.6 is 12.4 Å². The van der Waals surface area contributed by atoms with E-state index in [1.54, 1.807) is 18.2 Å². The van der Waals surface area contributed by atoms with Crippen molar-refractivity contribution in [3.05, 3.63) is 23.8 Å². The number of carbonyl (C=O) groups is 1. The molecule has 1 saturated heterocycles. The summed E-state index contributed by atoms with van der Waals surface area (Å²) in [5.74, 6) is 0.367. The Balaban J connectivity index is 0.00000182. The Bertz CT molecular complexity index is 790. The summed E-state index contributed by atoms with van der Waals surface area (Å²) < 4.78 is 26.2. The van der Waals surface area contributed by atoms with Gasteiger partial charge in [0.05, 0.1) is 4.90 Å². The third-order valence-electron chi connectivity index (χ3n) is 5.88. The van der Waals surface area contributed by atoms with E-state index in [4.69, 9.17) is 0 Å². The van der Waals surface area contributed by atoms with Crippen LogP contribution < -0.4 is 14.9 Å². The first kappa shape index (κ1) is 18.6. The summed E-state index contributed by atoms with van der Waals surface area (Å²) in [7, 11) is -2.04. The highest BCUT2D eigenvalue weighted by Gasteiger charge is 2.59. The quantitative estimate of drug-likeness (QED) is 0.822. The Labute approximate surface area is 154 Å². The van der Waals surface area contributed by atoms with Crippen molar-refractivity contribution in [1.82, 2.24) is 10.0 Å². The summed E-state index contributed by atoms with van der Waals surface area (Å²) in [4.78, 5) is 15.1. The van der Waals surface area contributed by atoms with Gasteiger partial charge in [0.15, 0.2) is 0 Å². The number of nitrogens with zero attached hydrogens (tertiary/aromatic N) is 1. The Hall–Kier alpha value is -1.15. The molecule has 1 unspecified atom stereocenters. The molecule has 1 spiro atoms. The van der Waals surface area contributed by atoms with Crippen LogP contribution in [0, 0.1) is 11.3 Å². The second-order valence-corrected chi connectivity index (χ2v) is 8.99. The van der Waals surface area contributed by atoms with Crippen LogP contribution in [0.2, 0.25) is 0 Å². The summed E-state index contributed by atoms with van der Waals surface area (Å²) in [5, 5.41) is 3.36. The summed E-state index contributed by atoms with van der Waals surface area (Å²) in [6.45, 7) is 2.67. The lowest BCUT2D eigenvalue weighted by atomic mass is 9.91. The molecule has 0 bridgehead atoms. The van der Waals surface area contributed by atoms with Gasteiger partial charge < -0.3 is 10.2 Å². The number of halogens is 1. The van der Waals surface area contributed by atoms with Crippen molar-refractivity contribution in [1.29, 1.82) is 0 Å². The molecule has 0 aromatic heterocycles.